The molecule has 0 saturated heterocycles. The average Bonchev–Trinajstić information content (AvgIpc) is 2.60. The fraction of sp³-hybridized carbons (Fsp3) is 0.150. The van der Waals surface area contributed by atoms with Crippen molar-refractivity contribution in [3.8, 4) is 12.3 Å². The van der Waals surface area contributed by atoms with Crippen LogP contribution in [0, 0.1) is 22.5 Å². The van der Waals surface area contributed by atoms with Gasteiger partial charge in [-0.05, 0) is 43.2 Å². The topological polar surface area (TPSA) is 72.2 Å². The molecule has 5 nitrogen and oxygen atoms in total. The van der Waals surface area contributed by atoms with Crippen LogP contribution in [0.3, 0.4) is 0 Å². The van der Waals surface area contributed by atoms with E-state index in [1.54, 1.807) is 32.1 Å². The minimum atomic E-state index is -0.791. The minimum Gasteiger partial charge on any atom is -0.336 e. The lowest BCUT2D eigenvalue weighted by atomic mass is 9.99. The van der Waals surface area contributed by atoms with Crippen molar-refractivity contribution >= 4 is 23.2 Å². The number of non-ortho nitro benzene ring substituents is 1. The van der Waals surface area contributed by atoms with Crippen molar-refractivity contribution in [2.24, 2.45) is 0 Å². The molecule has 2 aromatic carbocycles. The summed E-state index contributed by atoms with van der Waals surface area (Å²) >= 11 is 0. The molecule has 0 aliphatic rings. The van der Waals surface area contributed by atoms with E-state index in [-0.39, 0.29) is 11.6 Å². The number of nitrogens with one attached hydrogen (secondary N) is 1. The third-order valence-electron chi connectivity index (χ3n) is 3.53. The number of benzene rings is 2. The zero-order chi connectivity index (χ0) is 18.4. The van der Waals surface area contributed by atoms with E-state index in [9.17, 15) is 14.9 Å². The molecule has 0 heterocycles. The van der Waals surface area contributed by atoms with Gasteiger partial charge in [-0.1, -0.05) is 36.3 Å². The quantitative estimate of drug-likeness (QED) is 0.298. The number of nitrogens with zero attached hydrogens (tertiary/aromatic N) is 1. The molecule has 0 bridgehead atoms. The third kappa shape index (κ3) is 4.79. The zero-order valence-electron chi connectivity index (χ0n) is 14.0. The third-order valence-corrected chi connectivity index (χ3v) is 3.53. The van der Waals surface area contributed by atoms with Crippen LogP contribution in [0.15, 0.2) is 54.6 Å². The van der Waals surface area contributed by atoms with Gasteiger partial charge in [-0.3, -0.25) is 14.9 Å². The Hall–Kier alpha value is -3.39. The smallest absolute Gasteiger partial charge is 0.269 e. The molecule has 2 rings (SSSR count). The lowest BCUT2D eigenvalue weighted by Gasteiger charge is -2.21. The van der Waals surface area contributed by atoms with Gasteiger partial charge in [0.15, 0.2) is 0 Å². The Kier molecular flexibility index (Phi) is 5.35. The van der Waals surface area contributed by atoms with Gasteiger partial charge in [0, 0.05) is 17.7 Å². The molecule has 5 heteroatoms. The van der Waals surface area contributed by atoms with Crippen LogP contribution in [-0.2, 0) is 4.79 Å². The van der Waals surface area contributed by atoms with Crippen LogP contribution < -0.4 is 5.32 Å². The van der Waals surface area contributed by atoms with Crippen molar-refractivity contribution < 1.29 is 9.72 Å². The Bertz CT molecular complexity index is 845. The van der Waals surface area contributed by atoms with Crippen LogP contribution in [0.5, 0.6) is 0 Å². The number of nitro benzene ring substituents is 1. The lowest BCUT2D eigenvalue weighted by molar-refractivity contribution is -0.384. The molecule has 0 fully saturated rings. The number of rotatable bonds is 5. The first-order chi connectivity index (χ1) is 11.8. The molecule has 0 unspecified atom stereocenters. The summed E-state index contributed by atoms with van der Waals surface area (Å²) in [6.45, 7) is 3.47. The van der Waals surface area contributed by atoms with Crippen LogP contribution in [0.2, 0.25) is 0 Å². The fourth-order valence-electron chi connectivity index (χ4n) is 2.14. The second kappa shape index (κ2) is 7.45. The summed E-state index contributed by atoms with van der Waals surface area (Å²) in [4.78, 5) is 23.0. The Morgan fingerprint density at radius 1 is 1.16 bits per heavy atom. The molecular weight excluding hydrogens is 316 g/mol. The van der Waals surface area contributed by atoms with Crippen molar-refractivity contribution in [1.29, 1.82) is 0 Å². The van der Waals surface area contributed by atoms with Crippen molar-refractivity contribution in [2.75, 3.05) is 0 Å². The van der Waals surface area contributed by atoms with E-state index in [2.05, 4.69) is 11.2 Å². The molecule has 1 N–H and O–H groups in total. The number of hydrogen-bond acceptors (Lipinski definition) is 3. The molecule has 0 aromatic heterocycles. The average molecular weight is 334 g/mol. The van der Waals surface area contributed by atoms with E-state index in [0.717, 1.165) is 5.56 Å². The summed E-state index contributed by atoms with van der Waals surface area (Å²) in [5, 5.41) is 13.6. The molecule has 25 heavy (non-hydrogen) atoms. The van der Waals surface area contributed by atoms with E-state index in [1.165, 1.54) is 12.1 Å². The number of terminal acetylenes is 1. The van der Waals surface area contributed by atoms with Crippen LogP contribution in [-0.4, -0.2) is 16.4 Å². The highest BCUT2D eigenvalue weighted by Crippen LogP contribution is 2.21. The number of nitro groups is 1. The fourth-order valence-corrected chi connectivity index (χ4v) is 2.14. The standard InChI is InChI=1S/C20H18N2O3/c1-4-20(2,3)21-19(23)18(16-8-6-5-7-9-16)14-15-10-12-17(13-11-15)22(24)25/h1,5-14H,2-3H3,(H,21,23)/b18-14+. The lowest BCUT2D eigenvalue weighted by Crippen LogP contribution is -2.42. The maximum absolute atomic E-state index is 12.7. The Balaban J connectivity index is 2.43. The van der Waals surface area contributed by atoms with Gasteiger partial charge < -0.3 is 5.32 Å². The molecule has 126 valence electrons. The van der Waals surface area contributed by atoms with Crippen LogP contribution >= 0.6 is 0 Å². The Morgan fingerprint density at radius 2 is 1.76 bits per heavy atom. The van der Waals surface area contributed by atoms with E-state index >= 15 is 0 Å². The van der Waals surface area contributed by atoms with Crippen LogP contribution in [0.1, 0.15) is 25.0 Å². The highest BCUT2D eigenvalue weighted by molar-refractivity contribution is 6.24. The van der Waals surface area contributed by atoms with Gasteiger partial charge in [-0.2, -0.15) is 0 Å². The largest absolute Gasteiger partial charge is 0.336 e. The number of carbonyl (C=O) groups excluding carboxylic acids is 1. The van der Waals surface area contributed by atoms with Gasteiger partial charge in [0.25, 0.3) is 11.6 Å². The zero-order valence-corrected chi connectivity index (χ0v) is 14.0. The van der Waals surface area contributed by atoms with E-state index in [1.807, 2.05) is 30.3 Å². The summed E-state index contributed by atoms with van der Waals surface area (Å²) in [6.07, 6.45) is 7.12. The Labute approximate surface area is 146 Å². The van der Waals surface area contributed by atoms with Gasteiger partial charge in [-0.25, -0.2) is 0 Å². The number of hydrogen-bond donors (Lipinski definition) is 1. The maximum atomic E-state index is 12.7. The summed E-state index contributed by atoms with van der Waals surface area (Å²) in [5.41, 5.74) is 1.04. The van der Waals surface area contributed by atoms with Crippen molar-refractivity contribution in [2.45, 2.75) is 19.4 Å². The van der Waals surface area contributed by atoms with Gasteiger partial charge in [0.2, 0.25) is 0 Å². The SMILES string of the molecule is C#CC(C)(C)NC(=O)/C(=C/c1ccc([N+](=O)[O-])cc1)c1ccccc1. The van der Waals surface area contributed by atoms with Gasteiger partial charge in [0.1, 0.15) is 0 Å². The van der Waals surface area contributed by atoms with E-state index in [0.29, 0.717) is 11.1 Å². The molecular formula is C20H18N2O3. The minimum absolute atomic E-state index is 0.00340. The first kappa shape index (κ1) is 18.0. The predicted molar refractivity (Wildman–Crippen MR) is 98.5 cm³/mol. The summed E-state index contributed by atoms with van der Waals surface area (Å²) in [6, 6.07) is 15.2. The molecule has 0 spiro atoms. The van der Waals surface area contributed by atoms with Crippen molar-refractivity contribution in [3.05, 3.63) is 75.8 Å². The second-order valence-corrected chi connectivity index (χ2v) is 6.00. The van der Waals surface area contributed by atoms with Gasteiger partial charge >= 0.3 is 0 Å². The van der Waals surface area contributed by atoms with Crippen LogP contribution in [0.25, 0.3) is 11.6 Å². The van der Waals surface area contributed by atoms with Crippen molar-refractivity contribution in [3.63, 3.8) is 0 Å². The van der Waals surface area contributed by atoms with E-state index in [4.69, 9.17) is 6.42 Å². The second-order valence-electron chi connectivity index (χ2n) is 6.00. The molecule has 0 atom stereocenters. The van der Waals surface area contributed by atoms with Crippen molar-refractivity contribution in [1.82, 2.24) is 5.32 Å². The Morgan fingerprint density at radius 3 is 2.28 bits per heavy atom. The predicted octanol–water partition coefficient (Wildman–Crippen LogP) is 3.66. The molecule has 2 aromatic rings. The molecule has 1 amide bonds. The highest BCUT2D eigenvalue weighted by Gasteiger charge is 2.20. The monoisotopic (exact) mass is 334 g/mol. The molecule has 0 aliphatic carbocycles. The van der Waals surface area contributed by atoms with Gasteiger partial charge in [0.05, 0.1) is 10.5 Å². The van der Waals surface area contributed by atoms with Crippen LogP contribution in [0.4, 0.5) is 5.69 Å². The summed E-state index contributed by atoms with van der Waals surface area (Å²) in [5.74, 6) is 2.22. The molecule has 0 saturated carbocycles. The number of amides is 1. The highest BCUT2D eigenvalue weighted by atomic mass is 16.6. The van der Waals surface area contributed by atoms with E-state index < -0.39 is 10.5 Å². The molecule has 0 radical (unpaired) electrons. The van der Waals surface area contributed by atoms with Gasteiger partial charge in [-0.15, -0.1) is 6.42 Å². The number of carbonyl (C=O) groups is 1. The molecule has 0 aliphatic heterocycles. The normalized spacial score (nSPS) is 11.5. The summed E-state index contributed by atoms with van der Waals surface area (Å²) < 4.78 is 0. The maximum Gasteiger partial charge on any atom is 0.269 e. The summed E-state index contributed by atoms with van der Waals surface area (Å²) in [7, 11) is 0. The first-order valence-corrected chi connectivity index (χ1v) is 7.64. The first-order valence-electron chi connectivity index (χ1n) is 7.64.